The summed E-state index contributed by atoms with van der Waals surface area (Å²) >= 11 is 0. The van der Waals surface area contributed by atoms with Crippen molar-refractivity contribution in [2.75, 3.05) is 0 Å². The zero-order chi connectivity index (χ0) is 14.7. The summed E-state index contributed by atoms with van der Waals surface area (Å²) in [5.41, 5.74) is -1.45. The second-order valence-corrected chi connectivity index (χ2v) is 5.61. The lowest BCUT2D eigenvalue weighted by Crippen LogP contribution is -2.39. The number of imidazole rings is 1. The van der Waals surface area contributed by atoms with Crippen molar-refractivity contribution in [1.29, 1.82) is 0 Å². The maximum Gasteiger partial charge on any atom is 0.420 e. The van der Waals surface area contributed by atoms with Crippen molar-refractivity contribution in [3.63, 3.8) is 0 Å². The Hall–Kier alpha value is -1.76. The van der Waals surface area contributed by atoms with Gasteiger partial charge in [-0.05, 0) is 25.8 Å². The number of alkyl halides is 3. The van der Waals surface area contributed by atoms with Crippen LogP contribution >= 0.6 is 0 Å². The van der Waals surface area contributed by atoms with E-state index in [9.17, 15) is 23.4 Å². The first-order valence-corrected chi connectivity index (χ1v) is 6.17. The minimum Gasteiger partial charge on any atom is -0.506 e. The molecular weight excluding hydrogens is 273 g/mol. The Morgan fingerprint density at radius 3 is 2.55 bits per heavy atom. The molecule has 1 aliphatic carbocycles. The third-order valence-corrected chi connectivity index (χ3v) is 3.65. The van der Waals surface area contributed by atoms with E-state index in [1.165, 1.54) is 16.8 Å². The Kier molecular flexibility index (Phi) is 2.57. The van der Waals surface area contributed by atoms with Gasteiger partial charge >= 0.3 is 6.18 Å². The molecule has 0 saturated heterocycles. The van der Waals surface area contributed by atoms with Gasteiger partial charge in [-0.1, -0.05) is 0 Å². The van der Waals surface area contributed by atoms with Gasteiger partial charge in [0.15, 0.2) is 0 Å². The van der Waals surface area contributed by atoms with Crippen molar-refractivity contribution in [3.05, 3.63) is 29.7 Å². The van der Waals surface area contributed by atoms with Gasteiger partial charge in [0.25, 0.3) is 0 Å². The van der Waals surface area contributed by atoms with Gasteiger partial charge in [-0.3, -0.25) is 0 Å². The highest BCUT2D eigenvalue weighted by Crippen LogP contribution is 2.44. The molecule has 1 fully saturated rings. The Morgan fingerprint density at radius 1 is 1.35 bits per heavy atom. The highest BCUT2D eigenvalue weighted by molar-refractivity contribution is 5.53. The van der Waals surface area contributed by atoms with Crippen LogP contribution < -0.4 is 0 Å². The predicted octanol–water partition coefficient (Wildman–Crippen LogP) is 2.69. The molecule has 1 aliphatic rings. The standard InChI is InChI=1S/C13H13F3N2O2/c1-12(20)3-7(4-12)10-6-18-5-8(19)2-9(11(18)17-10)13(14,15)16/h2,5-7,19-20H,3-4H2,1H3. The minimum atomic E-state index is -4.58. The van der Waals surface area contributed by atoms with E-state index in [1.54, 1.807) is 6.92 Å². The van der Waals surface area contributed by atoms with Crippen LogP contribution in [0.4, 0.5) is 13.2 Å². The lowest BCUT2D eigenvalue weighted by molar-refractivity contribution is -0.136. The van der Waals surface area contributed by atoms with Crippen molar-refractivity contribution in [3.8, 4) is 5.75 Å². The summed E-state index contributed by atoms with van der Waals surface area (Å²) in [6, 6.07) is 0.670. The van der Waals surface area contributed by atoms with E-state index in [-0.39, 0.29) is 11.6 Å². The minimum absolute atomic E-state index is 0.0480. The fraction of sp³-hybridized carbons (Fsp3) is 0.462. The highest BCUT2D eigenvalue weighted by atomic mass is 19.4. The van der Waals surface area contributed by atoms with Crippen molar-refractivity contribution in [2.24, 2.45) is 0 Å². The number of rotatable bonds is 1. The average Bonchev–Trinajstić information content (AvgIpc) is 2.66. The van der Waals surface area contributed by atoms with Gasteiger partial charge in [0.1, 0.15) is 17.0 Å². The van der Waals surface area contributed by atoms with Crippen LogP contribution in [0, 0.1) is 0 Å². The monoisotopic (exact) mass is 286 g/mol. The molecule has 0 spiro atoms. The maximum atomic E-state index is 12.9. The summed E-state index contributed by atoms with van der Waals surface area (Å²) in [7, 11) is 0. The second kappa shape index (κ2) is 3.88. The Balaban J connectivity index is 2.07. The number of aromatic nitrogens is 2. The molecule has 2 aromatic rings. The summed E-state index contributed by atoms with van der Waals surface area (Å²) in [6.45, 7) is 1.69. The maximum absolute atomic E-state index is 12.9. The summed E-state index contributed by atoms with van der Waals surface area (Å²) in [5.74, 6) is -0.512. The van der Waals surface area contributed by atoms with Gasteiger partial charge in [-0.25, -0.2) is 4.98 Å². The fourth-order valence-electron chi connectivity index (χ4n) is 2.72. The summed E-state index contributed by atoms with van der Waals surface area (Å²) in [4.78, 5) is 4.03. The SMILES string of the molecule is CC1(O)CC(c2cn3cc(O)cc(C(F)(F)F)c3n2)C1. The summed E-state index contributed by atoms with van der Waals surface area (Å²) in [5, 5.41) is 19.1. The molecule has 20 heavy (non-hydrogen) atoms. The zero-order valence-electron chi connectivity index (χ0n) is 10.6. The van der Waals surface area contributed by atoms with Crippen molar-refractivity contribution < 1.29 is 23.4 Å². The fourth-order valence-corrected chi connectivity index (χ4v) is 2.72. The van der Waals surface area contributed by atoms with Crippen molar-refractivity contribution >= 4 is 5.65 Å². The number of fused-ring (bicyclic) bond motifs is 1. The van der Waals surface area contributed by atoms with Gasteiger partial charge in [-0.15, -0.1) is 0 Å². The van der Waals surface area contributed by atoms with E-state index in [1.807, 2.05) is 0 Å². The molecule has 0 atom stereocenters. The summed E-state index contributed by atoms with van der Waals surface area (Å²) < 4.78 is 39.9. The molecule has 7 heteroatoms. The first-order valence-electron chi connectivity index (χ1n) is 6.17. The van der Waals surface area contributed by atoms with Gasteiger partial charge in [-0.2, -0.15) is 13.2 Å². The third kappa shape index (κ3) is 2.11. The number of nitrogens with zero attached hydrogens (tertiary/aromatic N) is 2. The van der Waals surface area contributed by atoms with Gasteiger partial charge in [0.05, 0.1) is 17.5 Å². The number of pyridine rings is 1. The molecule has 0 unspecified atom stereocenters. The zero-order valence-corrected chi connectivity index (χ0v) is 10.6. The van der Waals surface area contributed by atoms with E-state index in [2.05, 4.69) is 4.98 Å². The first-order chi connectivity index (χ1) is 9.16. The van der Waals surface area contributed by atoms with E-state index in [0.717, 1.165) is 0 Å². The normalized spacial score (nSPS) is 26.8. The predicted molar refractivity (Wildman–Crippen MR) is 64.5 cm³/mol. The molecule has 2 N–H and O–H groups in total. The van der Waals surface area contributed by atoms with Crippen LogP contribution in [0.1, 0.15) is 36.9 Å². The van der Waals surface area contributed by atoms with Crippen LogP contribution in [-0.2, 0) is 6.18 Å². The van der Waals surface area contributed by atoms with E-state index < -0.39 is 23.1 Å². The highest BCUT2D eigenvalue weighted by Gasteiger charge is 2.41. The number of aliphatic hydroxyl groups is 1. The van der Waals surface area contributed by atoms with Crippen molar-refractivity contribution in [1.82, 2.24) is 9.38 Å². The molecule has 1 saturated carbocycles. The quantitative estimate of drug-likeness (QED) is 0.847. The molecule has 4 nitrogen and oxygen atoms in total. The molecule has 2 heterocycles. The lowest BCUT2D eigenvalue weighted by atomic mass is 9.71. The third-order valence-electron chi connectivity index (χ3n) is 3.65. The van der Waals surface area contributed by atoms with Crippen LogP contribution in [-0.4, -0.2) is 25.2 Å². The smallest absolute Gasteiger partial charge is 0.420 e. The molecule has 108 valence electrons. The number of hydrogen-bond acceptors (Lipinski definition) is 3. The molecule has 0 radical (unpaired) electrons. The van der Waals surface area contributed by atoms with Crippen molar-refractivity contribution in [2.45, 2.75) is 37.5 Å². The topological polar surface area (TPSA) is 57.8 Å². The van der Waals surface area contributed by atoms with Crippen LogP contribution in [0.2, 0.25) is 0 Å². The van der Waals surface area contributed by atoms with Crippen LogP contribution in [0.25, 0.3) is 5.65 Å². The number of halogens is 3. The van der Waals surface area contributed by atoms with Gasteiger partial charge < -0.3 is 14.6 Å². The Morgan fingerprint density at radius 2 is 2.00 bits per heavy atom. The largest absolute Gasteiger partial charge is 0.506 e. The molecule has 3 rings (SSSR count). The van der Waals surface area contributed by atoms with Gasteiger partial charge in [0.2, 0.25) is 0 Å². The van der Waals surface area contributed by atoms with Crippen LogP contribution in [0.3, 0.4) is 0 Å². The van der Waals surface area contributed by atoms with Crippen LogP contribution in [0.5, 0.6) is 5.75 Å². The molecular formula is C13H13F3N2O2. The first kappa shape index (κ1) is 13.2. The molecule has 0 bridgehead atoms. The van der Waals surface area contributed by atoms with Gasteiger partial charge in [0, 0.05) is 12.1 Å². The number of hydrogen-bond donors (Lipinski definition) is 2. The Bertz CT molecular complexity index is 668. The molecule has 0 amide bonds. The lowest BCUT2D eigenvalue weighted by Gasteiger charge is -2.39. The molecule has 2 aromatic heterocycles. The average molecular weight is 286 g/mol. The van der Waals surface area contributed by atoms with E-state index in [4.69, 9.17) is 0 Å². The molecule has 0 aliphatic heterocycles. The van der Waals surface area contributed by atoms with E-state index >= 15 is 0 Å². The van der Waals surface area contributed by atoms with E-state index in [0.29, 0.717) is 24.6 Å². The second-order valence-electron chi connectivity index (χ2n) is 5.61. The van der Waals surface area contributed by atoms with Crippen LogP contribution in [0.15, 0.2) is 18.5 Å². The Labute approximate surface area is 112 Å². The summed E-state index contributed by atoms with van der Waals surface area (Å²) in [6.07, 6.45) is -0.954. The molecule has 0 aromatic carbocycles. The number of aromatic hydroxyl groups is 1.